The smallest absolute Gasteiger partial charge is 0.183 e. The largest absolute Gasteiger partial charge is 0.297 e. The van der Waals surface area contributed by atoms with Crippen molar-refractivity contribution < 1.29 is 12.8 Å². The summed E-state index contributed by atoms with van der Waals surface area (Å²) in [6.45, 7) is 1.68. The quantitative estimate of drug-likeness (QED) is 0.682. The molecular formula is C21H20FN3O2S. The van der Waals surface area contributed by atoms with Crippen LogP contribution >= 0.6 is 0 Å². The molecule has 1 aromatic heterocycles. The molecule has 3 heterocycles. The van der Waals surface area contributed by atoms with Gasteiger partial charge in [0.15, 0.2) is 9.84 Å². The Morgan fingerprint density at radius 1 is 1.14 bits per heavy atom. The predicted molar refractivity (Wildman–Crippen MR) is 104 cm³/mol. The molecule has 28 heavy (non-hydrogen) atoms. The summed E-state index contributed by atoms with van der Waals surface area (Å²) in [4.78, 5) is 2.57. The van der Waals surface area contributed by atoms with Crippen molar-refractivity contribution in [2.45, 2.75) is 22.6 Å². The van der Waals surface area contributed by atoms with E-state index in [0.29, 0.717) is 24.5 Å². The van der Waals surface area contributed by atoms with Crippen LogP contribution in [0.1, 0.15) is 17.0 Å². The molecule has 0 amide bonds. The van der Waals surface area contributed by atoms with E-state index in [2.05, 4.69) is 10.00 Å². The Balaban J connectivity index is 1.47. The Morgan fingerprint density at radius 2 is 2.00 bits per heavy atom. The van der Waals surface area contributed by atoms with Crippen molar-refractivity contribution in [3.8, 4) is 11.1 Å². The topological polar surface area (TPSA) is 55.2 Å². The highest BCUT2D eigenvalue weighted by Gasteiger charge is 2.50. The van der Waals surface area contributed by atoms with Crippen molar-refractivity contribution in [1.29, 1.82) is 0 Å². The molecule has 0 aliphatic carbocycles. The maximum atomic E-state index is 13.5. The van der Waals surface area contributed by atoms with Crippen molar-refractivity contribution in [3.63, 3.8) is 0 Å². The number of sulfone groups is 1. The van der Waals surface area contributed by atoms with Crippen LogP contribution in [-0.2, 0) is 23.4 Å². The fourth-order valence-electron chi connectivity index (χ4n) is 4.50. The summed E-state index contributed by atoms with van der Waals surface area (Å²) in [6, 6.07) is 12.1. The first-order chi connectivity index (χ1) is 13.4. The number of benzene rings is 2. The van der Waals surface area contributed by atoms with Crippen molar-refractivity contribution in [2.75, 3.05) is 13.1 Å². The summed E-state index contributed by atoms with van der Waals surface area (Å²) in [5.74, 6) is -0.318. The number of aromatic nitrogens is 2. The molecule has 0 saturated carbocycles. The van der Waals surface area contributed by atoms with Gasteiger partial charge in [-0.25, -0.2) is 12.8 Å². The van der Waals surface area contributed by atoms with Crippen LogP contribution in [0.3, 0.4) is 0 Å². The minimum absolute atomic E-state index is 0.0508. The number of halogens is 1. The number of fused-ring (bicyclic) bond motifs is 3. The number of hydrogen-bond acceptors (Lipinski definition) is 4. The molecule has 0 N–H and O–H groups in total. The summed E-state index contributed by atoms with van der Waals surface area (Å²) in [6.07, 6.45) is 3.71. The van der Waals surface area contributed by atoms with Crippen molar-refractivity contribution in [1.82, 2.24) is 14.7 Å². The van der Waals surface area contributed by atoms with Crippen LogP contribution in [0, 0.1) is 5.82 Å². The average molecular weight is 397 g/mol. The molecule has 1 fully saturated rings. The first-order valence-corrected chi connectivity index (χ1v) is 10.8. The third kappa shape index (κ3) is 2.77. The zero-order valence-electron chi connectivity index (χ0n) is 15.4. The standard InChI is InChI=1S/C21H20FN3O2S/c1-24-11-16(9-23-24)15-5-6-20-18(8-15)19-12-25(13-21(19)28(20,26)27)10-14-3-2-4-17(22)7-14/h2-9,11,19,21H,10,12-13H2,1H3/t19-,21+/m0/s1. The van der Waals surface area contributed by atoms with Gasteiger partial charge in [-0.1, -0.05) is 18.2 Å². The molecule has 5 rings (SSSR count). The van der Waals surface area contributed by atoms with Gasteiger partial charge >= 0.3 is 0 Å². The molecule has 144 valence electrons. The van der Waals surface area contributed by atoms with Gasteiger partial charge in [0.05, 0.1) is 16.3 Å². The van der Waals surface area contributed by atoms with Gasteiger partial charge in [0.25, 0.3) is 0 Å². The van der Waals surface area contributed by atoms with Crippen molar-refractivity contribution in [2.24, 2.45) is 7.05 Å². The van der Waals surface area contributed by atoms with E-state index in [1.54, 1.807) is 23.0 Å². The maximum Gasteiger partial charge on any atom is 0.183 e. The molecule has 7 heteroatoms. The van der Waals surface area contributed by atoms with Gasteiger partial charge < -0.3 is 0 Å². The van der Waals surface area contributed by atoms with Crippen LogP contribution in [0.5, 0.6) is 0 Å². The SMILES string of the molecule is Cn1cc(-c2ccc3c(c2)[C@@H]2CN(Cc4cccc(F)c4)C[C@H]2S3(=O)=O)cn1. The van der Waals surface area contributed by atoms with Crippen LogP contribution in [0.25, 0.3) is 11.1 Å². The van der Waals surface area contributed by atoms with E-state index in [-0.39, 0.29) is 11.7 Å². The monoisotopic (exact) mass is 397 g/mol. The van der Waals surface area contributed by atoms with Crippen LogP contribution in [0.2, 0.25) is 0 Å². The Morgan fingerprint density at radius 3 is 2.75 bits per heavy atom. The van der Waals surface area contributed by atoms with Crippen LogP contribution in [-0.4, -0.2) is 41.4 Å². The van der Waals surface area contributed by atoms with E-state index in [0.717, 1.165) is 22.3 Å². The van der Waals surface area contributed by atoms with Gasteiger partial charge in [0, 0.05) is 44.4 Å². The highest BCUT2D eigenvalue weighted by atomic mass is 32.2. The minimum atomic E-state index is -3.35. The number of hydrogen-bond donors (Lipinski definition) is 0. The fourth-order valence-corrected chi connectivity index (χ4v) is 6.69. The molecule has 3 aromatic rings. The van der Waals surface area contributed by atoms with Crippen molar-refractivity contribution in [3.05, 3.63) is 71.8 Å². The van der Waals surface area contributed by atoms with E-state index in [1.807, 2.05) is 31.4 Å². The average Bonchev–Trinajstić information content (AvgIpc) is 3.32. The Bertz CT molecular complexity index is 1170. The molecule has 5 nitrogen and oxygen atoms in total. The van der Waals surface area contributed by atoms with Gasteiger partial charge in [-0.3, -0.25) is 9.58 Å². The van der Waals surface area contributed by atoms with Gasteiger partial charge in [0.2, 0.25) is 0 Å². The van der Waals surface area contributed by atoms with E-state index in [9.17, 15) is 12.8 Å². The highest BCUT2D eigenvalue weighted by molar-refractivity contribution is 7.92. The van der Waals surface area contributed by atoms with Crippen LogP contribution in [0.15, 0.2) is 59.8 Å². The normalized spacial score (nSPS) is 22.9. The molecule has 2 aliphatic heterocycles. The molecule has 0 spiro atoms. The van der Waals surface area contributed by atoms with Gasteiger partial charge in [-0.05, 0) is 41.0 Å². The van der Waals surface area contributed by atoms with Gasteiger partial charge in [-0.15, -0.1) is 0 Å². The zero-order valence-corrected chi connectivity index (χ0v) is 16.2. The highest BCUT2D eigenvalue weighted by Crippen LogP contribution is 2.46. The number of rotatable bonds is 3. The third-order valence-corrected chi connectivity index (χ3v) is 8.05. The fraction of sp³-hybridized carbons (Fsp3) is 0.286. The molecular weight excluding hydrogens is 377 g/mol. The lowest BCUT2D eigenvalue weighted by molar-refractivity contribution is 0.325. The van der Waals surface area contributed by atoms with E-state index < -0.39 is 15.1 Å². The summed E-state index contributed by atoms with van der Waals surface area (Å²) >= 11 is 0. The molecule has 2 aromatic carbocycles. The third-order valence-electron chi connectivity index (χ3n) is 5.79. The second-order valence-corrected chi connectivity index (χ2v) is 9.80. The lowest BCUT2D eigenvalue weighted by Crippen LogP contribution is -2.25. The second-order valence-electron chi connectivity index (χ2n) is 7.67. The molecule has 0 bridgehead atoms. The first-order valence-electron chi connectivity index (χ1n) is 9.25. The summed E-state index contributed by atoms with van der Waals surface area (Å²) in [7, 11) is -1.49. The minimum Gasteiger partial charge on any atom is -0.297 e. The summed E-state index contributed by atoms with van der Waals surface area (Å²) in [5, 5.41) is 3.78. The van der Waals surface area contributed by atoms with Gasteiger partial charge in [0.1, 0.15) is 5.82 Å². The molecule has 2 atom stereocenters. The van der Waals surface area contributed by atoms with Crippen LogP contribution in [0.4, 0.5) is 4.39 Å². The van der Waals surface area contributed by atoms with E-state index in [4.69, 9.17) is 0 Å². The maximum absolute atomic E-state index is 13.5. The van der Waals surface area contributed by atoms with E-state index >= 15 is 0 Å². The summed E-state index contributed by atoms with van der Waals surface area (Å²) < 4.78 is 41.3. The Kier molecular flexibility index (Phi) is 3.93. The second kappa shape index (κ2) is 6.25. The Labute approximate surface area is 163 Å². The van der Waals surface area contributed by atoms with Gasteiger partial charge in [-0.2, -0.15) is 5.10 Å². The lowest BCUT2D eigenvalue weighted by Gasteiger charge is -2.17. The van der Waals surface area contributed by atoms with Crippen LogP contribution < -0.4 is 0 Å². The number of nitrogens with zero attached hydrogens (tertiary/aromatic N) is 3. The zero-order chi connectivity index (χ0) is 19.5. The summed E-state index contributed by atoms with van der Waals surface area (Å²) in [5.41, 5.74) is 3.71. The first kappa shape index (κ1) is 17.6. The van der Waals surface area contributed by atoms with E-state index in [1.165, 1.54) is 12.1 Å². The van der Waals surface area contributed by atoms with Crippen molar-refractivity contribution >= 4 is 9.84 Å². The lowest BCUT2D eigenvalue weighted by atomic mass is 9.95. The predicted octanol–water partition coefficient (Wildman–Crippen LogP) is 2.98. The molecule has 0 radical (unpaired) electrons. The number of likely N-dealkylation sites (tertiary alicyclic amines) is 1. The Hall–Kier alpha value is -2.51. The molecule has 2 aliphatic rings. The molecule has 1 saturated heterocycles. The number of aryl methyl sites for hydroxylation is 1. The molecule has 0 unspecified atom stereocenters.